The van der Waals surface area contributed by atoms with Crippen LogP contribution < -0.4 is 19.0 Å². The zero-order valence-corrected chi connectivity index (χ0v) is 15.4. The van der Waals surface area contributed by atoms with Crippen molar-refractivity contribution in [3.05, 3.63) is 46.8 Å². The number of benzene rings is 2. The van der Waals surface area contributed by atoms with Crippen LogP contribution >= 0.6 is 11.3 Å². The third-order valence-corrected chi connectivity index (χ3v) is 5.08. The highest BCUT2D eigenvalue weighted by Crippen LogP contribution is 2.36. The maximum Gasteiger partial charge on any atom is 0.279 e. The molecule has 0 spiro atoms. The van der Waals surface area contributed by atoms with Gasteiger partial charge in [-0.2, -0.15) is 4.99 Å². The van der Waals surface area contributed by atoms with E-state index in [9.17, 15) is 4.79 Å². The minimum absolute atomic E-state index is 0.204. The van der Waals surface area contributed by atoms with E-state index in [4.69, 9.17) is 20.6 Å². The summed E-state index contributed by atoms with van der Waals surface area (Å²) in [7, 11) is 0. The van der Waals surface area contributed by atoms with E-state index < -0.39 is 0 Å². The fourth-order valence-corrected chi connectivity index (χ4v) is 3.84. The topological polar surface area (TPSA) is 62.1 Å². The highest BCUT2D eigenvalue weighted by atomic mass is 32.1. The molecule has 0 aliphatic carbocycles. The number of carbonyl (C=O) groups is 1. The number of rotatable bonds is 4. The average molecular weight is 380 g/mol. The molecule has 0 fully saturated rings. The molecule has 1 aliphatic heterocycles. The van der Waals surface area contributed by atoms with Crippen LogP contribution in [0.3, 0.4) is 0 Å². The van der Waals surface area contributed by atoms with Gasteiger partial charge in [0.05, 0.1) is 23.4 Å². The Labute approximate surface area is 159 Å². The van der Waals surface area contributed by atoms with Crippen molar-refractivity contribution >= 4 is 27.5 Å². The molecule has 1 aromatic heterocycles. The molecule has 7 heteroatoms. The second-order valence-electron chi connectivity index (χ2n) is 5.72. The van der Waals surface area contributed by atoms with Crippen LogP contribution in [0.25, 0.3) is 10.2 Å². The molecule has 2 heterocycles. The van der Waals surface area contributed by atoms with Gasteiger partial charge in [0, 0.05) is 17.7 Å². The molecule has 4 rings (SSSR count). The largest absolute Gasteiger partial charge is 0.494 e. The summed E-state index contributed by atoms with van der Waals surface area (Å²) in [5.74, 6) is 4.34. The maximum atomic E-state index is 12.6. The third kappa shape index (κ3) is 3.27. The summed E-state index contributed by atoms with van der Waals surface area (Å²) in [6.07, 6.45) is 5.52. The van der Waals surface area contributed by atoms with Crippen LogP contribution in [0.1, 0.15) is 17.3 Å². The standard InChI is InChI=1S/C20H16N2O4S/c1-3-9-22-15-10-16-17(26-12-25-16)11-18(15)27-20(22)21-19(23)13-5-7-14(8-6-13)24-4-2/h1,5-8,10-11H,4,9,12H2,2H3. The van der Waals surface area contributed by atoms with Gasteiger partial charge in [-0.3, -0.25) is 4.79 Å². The van der Waals surface area contributed by atoms with Crippen LogP contribution in [-0.4, -0.2) is 23.9 Å². The van der Waals surface area contributed by atoms with Crippen molar-refractivity contribution in [3.63, 3.8) is 0 Å². The van der Waals surface area contributed by atoms with Gasteiger partial charge in [0.15, 0.2) is 16.3 Å². The second-order valence-corrected chi connectivity index (χ2v) is 6.73. The number of thiazole rings is 1. The summed E-state index contributed by atoms with van der Waals surface area (Å²) in [5, 5.41) is 0. The van der Waals surface area contributed by atoms with Crippen LogP contribution in [0.5, 0.6) is 17.2 Å². The van der Waals surface area contributed by atoms with Crippen molar-refractivity contribution in [2.45, 2.75) is 13.5 Å². The maximum absolute atomic E-state index is 12.6. The Balaban J connectivity index is 1.76. The zero-order chi connectivity index (χ0) is 18.8. The predicted molar refractivity (Wildman–Crippen MR) is 102 cm³/mol. The first kappa shape index (κ1) is 17.2. The highest BCUT2D eigenvalue weighted by Gasteiger charge is 2.18. The SMILES string of the molecule is C#CCn1c(=NC(=O)c2ccc(OCC)cc2)sc2cc3c(cc21)OCO3. The number of fused-ring (bicyclic) bond motifs is 2. The Bertz CT molecular complexity index is 1120. The number of amides is 1. The van der Waals surface area contributed by atoms with Crippen LogP contribution in [0, 0.1) is 12.3 Å². The minimum atomic E-state index is -0.338. The molecule has 6 nitrogen and oxygen atoms in total. The lowest BCUT2D eigenvalue weighted by atomic mass is 10.2. The van der Waals surface area contributed by atoms with Gasteiger partial charge in [-0.05, 0) is 31.2 Å². The van der Waals surface area contributed by atoms with Gasteiger partial charge in [-0.1, -0.05) is 17.3 Å². The van der Waals surface area contributed by atoms with E-state index in [-0.39, 0.29) is 12.7 Å². The summed E-state index contributed by atoms with van der Waals surface area (Å²) < 4.78 is 19.0. The molecule has 0 saturated heterocycles. The van der Waals surface area contributed by atoms with Crippen LogP contribution in [0.15, 0.2) is 41.4 Å². The number of ether oxygens (including phenoxy) is 3. The Morgan fingerprint density at radius 3 is 2.74 bits per heavy atom. The summed E-state index contributed by atoms with van der Waals surface area (Å²) in [6.45, 7) is 2.99. The van der Waals surface area contributed by atoms with Crippen molar-refractivity contribution in [1.82, 2.24) is 4.57 Å². The minimum Gasteiger partial charge on any atom is -0.494 e. The van der Waals surface area contributed by atoms with Crippen molar-refractivity contribution in [2.24, 2.45) is 4.99 Å². The average Bonchev–Trinajstić information content (AvgIpc) is 3.25. The van der Waals surface area contributed by atoms with Crippen LogP contribution in [0.2, 0.25) is 0 Å². The zero-order valence-electron chi connectivity index (χ0n) is 14.6. The molecule has 0 radical (unpaired) electrons. The normalized spacial score (nSPS) is 13.0. The fraction of sp³-hybridized carbons (Fsp3) is 0.200. The van der Waals surface area contributed by atoms with Gasteiger partial charge >= 0.3 is 0 Å². The lowest BCUT2D eigenvalue weighted by Gasteiger charge is -2.03. The lowest BCUT2D eigenvalue weighted by Crippen LogP contribution is -2.16. The van der Waals surface area contributed by atoms with Gasteiger partial charge in [0.2, 0.25) is 6.79 Å². The Morgan fingerprint density at radius 1 is 1.30 bits per heavy atom. The number of aromatic nitrogens is 1. The molecule has 1 aliphatic rings. The molecular formula is C20H16N2O4S. The molecule has 0 bridgehead atoms. The first-order valence-electron chi connectivity index (χ1n) is 8.38. The van der Waals surface area contributed by atoms with Gasteiger partial charge in [0.25, 0.3) is 5.91 Å². The predicted octanol–water partition coefficient (Wildman–Crippen LogP) is 3.20. The Morgan fingerprint density at radius 2 is 2.04 bits per heavy atom. The van der Waals surface area contributed by atoms with Gasteiger partial charge < -0.3 is 18.8 Å². The molecular weight excluding hydrogens is 364 g/mol. The monoisotopic (exact) mass is 380 g/mol. The molecule has 27 heavy (non-hydrogen) atoms. The van der Waals surface area contributed by atoms with E-state index in [0.29, 0.717) is 40.8 Å². The Kier molecular flexibility index (Phi) is 4.57. The number of hydrogen-bond donors (Lipinski definition) is 0. The van der Waals surface area contributed by atoms with Crippen LogP contribution in [0.4, 0.5) is 0 Å². The number of hydrogen-bond acceptors (Lipinski definition) is 5. The molecule has 1 amide bonds. The van der Waals surface area contributed by atoms with E-state index in [0.717, 1.165) is 10.2 Å². The molecule has 0 unspecified atom stereocenters. The van der Waals surface area contributed by atoms with E-state index in [1.807, 2.05) is 23.6 Å². The first-order valence-corrected chi connectivity index (χ1v) is 9.19. The van der Waals surface area contributed by atoms with Gasteiger partial charge in [-0.25, -0.2) is 0 Å². The fourth-order valence-electron chi connectivity index (χ4n) is 2.80. The first-order chi connectivity index (χ1) is 13.2. The van der Waals surface area contributed by atoms with E-state index in [1.54, 1.807) is 24.3 Å². The lowest BCUT2D eigenvalue weighted by molar-refractivity contribution is 0.0998. The number of nitrogens with zero attached hydrogens (tertiary/aromatic N) is 2. The van der Waals surface area contributed by atoms with Crippen molar-refractivity contribution in [2.75, 3.05) is 13.4 Å². The molecule has 0 N–H and O–H groups in total. The Hall–Kier alpha value is -3.24. The summed E-state index contributed by atoms with van der Waals surface area (Å²) in [4.78, 5) is 17.4. The molecule has 0 saturated carbocycles. The van der Waals surface area contributed by atoms with E-state index >= 15 is 0 Å². The number of terminal acetylenes is 1. The molecule has 3 aromatic rings. The smallest absolute Gasteiger partial charge is 0.279 e. The summed E-state index contributed by atoms with van der Waals surface area (Å²) in [5.41, 5.74) is 1.35. The van der Waals surface area contributed by atoms with E-state index in [2.05, 4.69) is 10.9 Å². The quantitative estimate of drug-likeness (QED) is 0.652. The van der Waals surface area contributed by atoms with Crippen molar-refractivity contribution < 1.29 is 19.0 Å². The van der Waals surface area contributed by atoms with Crippen LogP contribution in [-0.2, 0) is 6.54 Å². The third-order valence-electron chi connectivity index (χ3n) is 4.04. The van der Waals surface area contributed by atoms with E-state index in [1.165, 1.54) is 11.3 Å². The summed E-state index contributed by atoms with van der Waals surface area (Å²) >= 11 is 1.38. The molecule has 0 atom stereocenters. The summed E-state index contributed by atoms with van der Waals surface area (Å²) in [6, 6.07) is 10.7. The second kappa shape index (κ2) is 7.17. The van der Waals surface area contributed by atoms with Crippen molar-refractivity contribution in [3.8, 4) is 29.6 Å². The number of carbonyl (C=O) groups excluding carboxylic acids is 1. The molecule has 2 aromatic carbocycles. The highest BCUT2D eigenvalue weighted by molar-refractivity contribution is 7.16. The van der Waals surface area contributed by atoms with Crippen molar-refractivity contribution in [1.29, 1.82) is 0 Å². The van der Waals surface area contributed by atoms with Gasteiger partial charge in [-0.15, -0.1) is 6.42 Å². The van der Waals surface area contributed by atoms with Gasteiger partial charge in [0.1, 0.15) is 5.75 Å². The molecule has 136 valence electrons.